The molecule has 0 spiro atoms. The summed E-state index contributed by atoms with van der Waals surface area (Å²) in [5, 5.41) is 3.09. The number of imidazole rings is 2. The van der Waals surface area contributed by atoms with Gasteiger partial charge in [0.05, 0.1) is 36.4 Å². The molecule has 15 heteroatoms. The summed E-state index contributed by atoms with van der Waals surface area (Å²) in [6.07, 6.45) is 4.43. The number of nitrogens with zero attached hydrogens (tertiary/aromatic N) is 7. The molecule has 4 aromatic heterocycles. The van der Waals surface area contributed by atoms with E-state index in [1.165, 1.54) is 16.8 Å². The number of anilines is 1. The van der Waals surface area contributed by atoms with E-state index in [0.717, 1.165) is 61.5 Å². The van der Waals surface area contributed by atoms with E-state index in [0.29, 0.717) is 46.3 Å². The molecule has 0 unspecified atom stereocenters. The second-order valence-electron chi connectivity index (χ2n) is 13.0. The number of fused-ring (bicyclic) bond motifs is 2. The van der Waals surface area contributed by atoms with Crippen LogP contribution < -0.4 is 15.7 Å². The van der Waals surface area contributed by atoms with Gasteiger partial charge in [0.25, 0.3) is 5.91 Å². The summed E-state index contributed by atoms with van der Waals surface area (Å²) in [6.45, 7) is 3.89. The topological polar surface area (TPSA) is 145 Å². The maximum Gasteiger partial charge on any atom is 0.327 e. The van der Waals surface area contributed by atoms with E-state index in [-0.39, 0.29) is 36.2 Å². The van der Waals surface area contributed by atoms with Crippen LogP contribution in [0.4, 0.5) is 10.3 Å². The molecular weight excluding hydrogens is 677 g/mol. The number of halogens is 2. The highest BCUT2D eigenvalue weighted by Crippen LogP contribution is 2.30. The molecule has 6 aromatic rings. The number of carbonyl (C=O) groups excluding carboxylic acids is 1. The third-order valence-corrected chi connectivity index (χ3v) is 9.87. The number of rotatable bonds is 10. The second-order valence-corrected chi connectivity index (χ2v) is 13.4. The summed E-state index contributed by atoms with van der Waals surface area (Å²) in [4.78, 5) is 48.5. The average molecular weight is 712 g/mol. The summed E-state index contributed by atoms with van der Waals surface area (Å²) in [6, 6.07) is 15.8. The Balaban J connectivity index is 0.942. The first-order valence-corrected chi connectivity index (χ1v) is 17.2. The van der Waals surface area contributed by atoms with E-state index >= 15 is 0 Å². The highest BCUT2D eigenvalue weighted by Gasteiger charge is 2.26. The molecule has 51 heavy (non-hydrogen) atoms. The lowest BCUT2D eigenvalue weighted by atomic mass is 9.93. The zero-order valence-corrected chi connectivity index (χ0v) is 28.6. The standard InChI is InChI=1S/C36H35ClFN9O4/c1-45-33-29(42-36(45)49)17-39-35(43-33)44-34(48)22-6-8-30-28(15-22)40-31(47(30)18-25-11-14-50-25)19-46-12-9-21(10-13-46)27-3-2-4-32(41-27)51-20-23-5-7-24(37)16-26(23)38/h2-8,15-17,21,25H,9-14,18-20H2,1H3,(H,42,49)(H,39,43,44,48)/t25-/m0/s1. The first kappa shape index (κ1) is 33.0. The maximum absolute atomic E-state index is 14.2. The number of aromatic amines is 1. The number of aryl methyl sites for hydroxylation is 1. The average Bonchev–Trinajstić information content (AvgIpc) is 3.60. The van der Waals surface area contributed by atoms with Gasteiger partial charge in [-0.1, -0.05) is 23.7 Å². The Bertz CT molecular complexity index is 2310. The highest BCUT2D eigenvalue weighted by molar-refractivity contribution is 6.30. The maximum atomic E-state index is 14.2. The molecule has 1 atom stereocenters. The van der Waals surface area contributed by atoms with Gasteiger partial charge in [-0.05, 0) is 68.8 Å². The number of ether oxygens (including phenoxy) is 2. The van der Waals surface area contributed by atoms with Crippen molar-refractivity contribution in [3.05, 3.63) is 105 Å². The molecule has 0 bridgehead atoms. The molecule has 8 rings (SSSR count). The molecule has 6 heterocycles. The largest absolute Gasteiger partial charge is 0.473 e. The number of pyridine rings is 1. The number of likely N-dealkylation sites (tertiary alicyclic amines) is 1. The van der Waals surface area contributed by atoms with Crippen LogP contribution in [0.2, 0.25) is 5.02 Å². The summed E-state index contributed by atoms with van der Waals surface area (Å²) in [5.41, 5.74) is 4.03. The fraction of sp³-hybridized carbons (Fsp3) is 0.333. The number of benzene rings is 2. The van der Waals surface area contributed by atoms with E-state index in [2.05, 4.69) is 29.7 Å². The fourth-order valence-corrected chi connectivity index (χ4v) is 6.80. The van der Waals surface area contributed by atoms with E-state index < -0.39 is 5.82 Å². The van der Waals surface area contributed by atoms with Crippen LogP contribution in [-0.2, 0) is 31.5 Å². The minimum absolute atomic E-state index is 0.0684. The second kappa shape index (κ2) is 13.9. The van der Waals surface area contributed by atoms with Crippen molar-refractivity contribution in [2.24, 2.45) is 7.05 Å². The molecule has 2 aliphatic rings. The van der Waals surface area contributed by atoms with Crippen LogP contribution in [0.3, 0.4) is 0 Å². The van der Waals surface area contributed by atoms with Gasteiger partial charge in [0.1, 0.15) is 23.8 Å². The van der Waals surface area contributed by atoms with Crippen LogP contribution in [0.15, 0.2) is 65.6 Å². The van der Waals surface area contributed by atoms with Gasteiger partial charge in [-0.2, -0.15) is 4.98 Å². The van der Waals surface area contributed by atoms with Crippen molar-refractivity contribution < 1.29 is 18.7 Å². The highest BCUT2D eigenvalue weighted by atomic mass is 35.5. The van der Waals surface area contributed by atoms with Crippen molar-refractivity contribution in [3.63, 3.8) is 0 Å². The lowest BCUT2D eigenvalue weighted by molar-refractivity contribution is -0.0592. The first-order valence-electron chi connectivity index (χ1n) is 16.9. The Labute approximate surface area is 296 Å². The third-order valence-electron chi connectivity index (χ3n) is 9.63. The molecule has 1 amide bonds. The van der Waals surface area contributed by atoms with Gasteiger partial charge in [0.15, 0.2) is 5.65 Å². The van der Waals surface area contributed by atoms with E-state index in [1.54, 1.807) is 37.4 Å². The predicted molar refractivity (Wildman–Crippen MR) is 188 cm³/mol. The van der Waals surface area contributed by atoms with Crippen molar-refractivity contribution >= 4 is 45.7 Å². The smallest absolute Gasteiger partial charge is 0.327 e. The predicted octanol–water partition coefficient (Wildman–Crippen LogP) is 5.19. The Kier molecular flexibility index (Phi) is 8.96. The van der Waals surface area contributed by atoms with Crippen molar-refractivity contribution in [1.82, 2.24) is 39.0 Å². The molecule has 2 saturated heterocycles. The number of amides is 1. The molecule has 2 aliphatic heterocycles. The number of H-pyrrole nitrogens is 1. The van der Waals surface area contributed by atoms with Gasteiger partial charge in [-0.15, -0.1) is 0 Å². The number of carbonyl (C=O) groups is 1. The summed E-state index contributed by atoms with van der Waals surface area (Å²) >= 11 is 5.88. The first-order chi connectivity index (χ1) is 24.8. The molecule has 13 nitrogen and oxygen atoms in total. The Morgan fingerprint density at radius 2 is 1.94 bits per heavy atom. The summed E-state index contributed by atoms with van der Waals surface area (Å²) in [5.74, 6) is 0.969. The molecule has 2 aromatic carbocycles. The zero-order chi connectivity index (χ0) is 35.1. The quantitative estimate of drug-likeness (QED) is 0.196. The molecule has 0 radical (unpaired) electrons. The monoisotopic (exact) mass is 711 g/mol. The van der Waals surface area contributed by atoms with Crippen LogP contribution in [0.1, 0.15) is 52.6 Å². The number of nitrogens with one attached hydrogen (secondary N) is 2. The van der Waals surface area contributed by atoms with Crippen molar-refractivity contribution in [2.45, 2.75) is 51.0 Å². The molecular formula is C36H35ClFN9O4. The van der Waals surface area contributed by atoms with Gasteiger partial charge < -0.3 is 19.0 Å². The van der Waals surface area contributed by atoms with Crippen molar-refractivity contribution in [2.75, 3.05) is 25.0 Å². The molecule has 2 N–H and O–H groups in total. The Hall–Kier alpha value is -5.18. The Morgan fingerprint density at radius 3 is 2.73 bits per heavy atom. The van der Waals surface area contributed by atoms with E-state index in [9.17, 15) is 14.0 Å². The normalized spacial score (nSPS) is 16.8. The number of aromatic nitrogens is 7. The number of piperidine rings is 1. The van der Waals surface area contributed by atoms with E-state index in [1.807, 2.05) is 18.2 Å². The lowest BCUT2D eigenvalue weighted by Gasteiger charge is -2.32. The minimum atomic E-state index is -0.404. The molecule has 0 saturated carbocycles. The number of hydrogen-bond acceptors (Lipinski definition) is 9. The van der Waals surface area contributed by atoms with Crippen molar-refractivity contribution in [1.29, 1.82) is 0 Å². The minimum Gasteiger partial charge on any atom is -0.473 e. The van der Waals surface area contributed by atoms with E-state index in [4.69, 9.17) is 31.0 Å². The Morgan fingerprint density at radius 1 is 1.10 bits per heavy atom. The molecule has 262 valence electrons. The van der Waals surface area contributed by atoms with Gasteiger partial charge in [-0.25, -0.2) is 24.1 Å². The zero-order valence-electron chi connectivity index (χ0n) is 27.8. The van der Waals surface area contributed by atoms with Crippen LogP contribution in [0, 0.1) is 5.82 Å². The third kappa shape index (κ3) is 6.94. The van der Waals surface area contributed by atoms with Crippen molar-refractivity contribution in [3.8, 4) is 5.88 Å². The SMILES string of the molecule is Cn1c(=O)[nH]c2cnc(NC(=O)c3ccc4c(c3)nc(CN3CCC(c5cccc(OCc6ccc(Cl)cc6F)n5)CC3)n4C[C@@H]3CCO3)nc21. The van der Waals surface area contributed by atoms with Crippen LogP contribution in [0.5, 0.6) is 5.88 Å². The van der Waals surface area contributed by atoms with Crippen LogP contribution in [-0.4, -0.2) is 70.7 Å². The van der Waals surface area contributed by atoms with Gasteiger partial charge >= 0.3 is 5.69 Å². The number of hydrogen-bond donors (Lipinski definition) is 2. The molecule has 2 fully saturated rings. The van der Waals surface area contributed by atoms with Gasteiger partial charge in [-0.3, -0.25) is 19.6 Å². The lowest BCUT2D eigenvalue weighted by Crippen LogP contribution is -2.35. The summed E-state index contributed by atoms with van der Waals surface area (Å²) < 4.78 is 29.4. The fourth-order valence-electron chi connectivity index (χ4n) is 6.64. The van der Waals surface area contributed by atoms with Gasteiger partial charge in [0, 0.05) is 47.5 Å². The van der Waals surface area contributed by atoms with Gasteiger partial charge in [0.2, 0.25) is 11.8 Å². The summed E-state index contributed by atoms with van der Waals surface area (Å²) in [7, 11) is 1.60. The van der Waals surface area contributed by atoms with Crippen LogP contribution in [0.25, 0.3) is 22.2 Å². The van der Waals surface area contributed by atoms with Crippen LogP contribution >= 0.6 is 11.6 Å². The molecule has 0 aliphatic carbocycles.